The van der Waals surface area contributed by atoms with E-state index < -0.39 is 34.8 Å². The van der Waals surface area contributed by atoms with E-state index in [2.05, 4.69) is 5.32 Å². The summed E-state index contributed by atoms with van der Waals surface area (Å²) in [5, 5.41) is 2.15. The summed E-state index contributed by atoms with van der Waals surface area (Å²) in [6, 6.07) is 5.81. The molecule has 0 saturated carbocycles. The first-order chi connectivity index (χ1) is 10.2. The highest BCUT2D eigenvalue weighted by molar-refractivity contribution is 6.04. The van der Waals surface area contributed by atoms with E-state index in [0.717, 1.165) is 6.07 Å². The minimum absolute atomic E-state index is 0.173. The minimum atomic E-state index is -4.92. The van der Waals surface area contributed by atoms with E-state index in [9.17, 15) is 26.7 Å². The van der Waals surface area contributed by atoms with Crippen LogP contribution in [0.2, 0.25) is 0 Å². The Hall–Kier alpha value is -2.44. The van der Waals surface area contributed by atoms with Gasteiger partial charge in [-0.1, -0.05) is 6.07 Å². The quantitative estimate of drug-likeness (QED) is 0.810. The zero-order valence-electron chi connectivity index (χ0n) is 11.3. The van der Waals surface area contributed by atoms with E-state index in [1.807, 2.05) is 0 Å². The van der Waals surface area contributed by atoms with Gasteiger partial charge in [-0.25, -0.2) is 8.78 Å². The second-order valence-corrected chi connectivity index (χ2v) is 4.63. The van der Waals surface area contributed by atoms with Gasteiger partial charge in [-0.2, -0.15) is 13.2 Å². The van der Waals surface area contributed by atoms with Crippen LogP contribution in [0.25, 0.3) is 0 Å². The molecule has 0 heterocycles. The third-order valence-electron chi connectivity index (χ3n) is 2.91. The Balaban J connectivity index is 2.30. The zero-order chi connectivity index (χ0) is 16.5. The number of carbonyl (C=O) groups is 1. The van der Waals surface area contributed by atoms with E-state index in [-0.39, 0.29) is 5.69 Å². The number of carbonyl (C=O) groups excluding carboxylic acids is 1. The Labute approximate surface area is 122 Å². The van der Waals surface area contributed by atoms with Crippen molar-refractivity contribution in [2.75, 3.05) is 5.32 Å². The summed E-state index contributed by atoms with van der Waals surface area (Å²) >= 11 is 0. The van der Waals surface area contributed by atoms with Crippen molar-refractivity contribution in [2.24, 2.45) is 0 Å². The molecule has 22 heavy (non-hydrogen) atoms. The van der Waals surface area contributed by atoms with Crippen LogP contribution >= 0.6 is 0 Å². The van der Waals surface area contributed by atoms with Crippen LogP contribution in [0.5, 0.6) is 0 Å². The second kappa shape index (κ2) is 5.75. The Kier molecular flexibility index (Phi) is 4.16. The lowest BCUT2D eigenvalue weighted by atomic mass is 10.1. The molecule has 0 atom stereocenters. The van der Waals surface area contributed by atoms with Crippen LogP contribution < -0.4 is 5.32 Å². The van der Waals surface area contributed by atoms with Crippen molar-refractivity contribution >= 4 is 11.6 Å². The molecule has 2 nitrogen and oxygen atoms in total. The van der Waals surface area contributed by atoms with Crippen molar-refractivity contribution in [1.82, 2.24) is 0 Å². The number of benzene rings is 2. The van der Waals surface area contributed by atoms with Crippen LogP contribution in [0, 0.1) is 18.6 Å². The zero-order valence-corrected chi connectivity index (χ0v) is 11.3. The molecule has 2 aromatic carbocycles. The molecule has 0 bridgehead atoms. The van der Waals surface area contributed by atoms with Gasteiger partial charge in [0.15, 0.2) is 0 Å². The van der Waals surface area contributed by atoms with E-state index in [4.69, 9.17) is 0 Å². The number of amides is 1. The van der Waals surface area contributed by atoms with Crippen LogP contribution in [0.3, 0.4) is 0 Å². The average molecular weight is 315 g/mol. The molecule has 7 heteroatoms. The molecule has 0 aliphatic rings. The highest BCUT2D eigenvalue weighted by atomic mass is 19.4. The summed E-state index contributed by atoms with van der Waals surface area (Å²) < 4.78 is 64.5. The van der Waals surface area contributed by atoms with Gasteiger partial charge >= 0.3 is 6.18 Å². The van der Waals surface area contributed by atoms with Crippen LogP contribution in [-0.2, 0) is 6.18 Å². The number of anilines is 1. The summed E-state index contributed by atoms with van der Waals surface area (Å²) in [7, 11) is 0. The van der Waals surface area contributed by atoms with Crippen molar-refractivity contribution < 1.29 is 26.7 Å². The second-order valence-electron chi connectivity index (χ2n) is 4.63. The molecule has 1 N–H and O–H groups in total. The summed E-state index contributed by atoms with van der Waals surface area (Å²) in [5.41, 5.74) is -1.52. The maximum atomic E-state index is 13.6. The molecular weight excluding hydrogens is 305 g/mol. The largest absolute Gasteiger partial charge is 0.419 e. The summed E-state index contributed by atoms with van der Waals surface area (Å²) in [5.74, 6) is -3.16. The van der Waals surface area contributed by atoms with Gasteiger partial charge in [0.25, 0.3) is 5.91 Å². The molecule has 1 amide bonds. The van der Waals surface area contributed by atoms with Crippen molar-refractivity contribution in [3.8, 4) is 0 Å². The summed E-state index contributed by atoms with van der Waals surface area (Å²) in [6.07, 6.45) is -4.92. The van der Waals surface area contributed by atoms with E-state index in [0.29, 0.717) is 17.7 Å². The Morgan fingerprint density at radius 1 is 1.00 bits per heavy atom. The lowest BCUT2D eigenvalue weighted by Gasteiger charge is -2.11. The number of aryl methyl sites for hydroxylation is 1. The predicted octanol–water partition coefficient (Wildman–Crippen LogP) is 4.54. The highest BCUT2D eigenvalue weighted by Crippen LogP contribution is 2.32. The first-order valence-corrected chi connectivity index (χ1v) is 6.13. The molecule has 116 valence electrons. The van der Waals surface area contributed by atoms with Gasteiger partial charge in [0.1, 0.15) is 11.6 Å². The molecule has 0 aromatic heterocycles. The maximum Gasteiger partial charge on any atom is 0.419 e. The number of hydrogen-bond acceptors (Lipinski definition) is 1. The van der Waals surface area contributed by atoms with Crippen LogP contribution in [0.4, 0.5) is 27.6 Å². The molecule has 2 aromatic rings. The molecule has 0 aliphatic carbocycles. The first kappa shape index (κ1) is 15.9. The van der Waals surface area contributed by atoms with Crippen LogP contribution in [0.15, 0.2) is 36.4 Å². The van der Waals surface area contributed by atoms with Crippen molar-refractivity contribution in [3.63, 3.8) is 0 Å². The Morgan fingerprint density at radius 3 is 2.27 bits per heavy atom. The maximum absolute atomic E-state index is 13.6. The van der Waals surface area contributed by atoms with Gasteiger partial charge in [0, 0.05) is 5.56 Å². The molecule has 0 radical (unpaired) electrons. The average Bonchev–Trinajstić information content (AvgIpc) is 2.41. The number of nitrogens with one attached hydrogen (secondary N) is 1. The monoisotopic (exact) mass is 315 g/mol. The SMILES string of the molecule is Cc1ccc(NC(=O)c2ccc(F)c(C(F)(F)F)c2)c(F)c1. The Bertz CT molecular complexity index is 724. The predicted molar refractivity (Wildman–Crippen MR) is 70.5 cm³/mol. The third kappa shape index (κ3) is 3.41. The fraction of sp³-hybridized carbons (Fsp3) is 0.133. The van der Waals surface area contributed by atoms with Crippen molar-refractivity contribution in [3.05, 3.63) is 64.7 Å². The Morgan fingerprint density at radius 2 is 1.68 bits per heavy atom. The fourth-order valence-electron chi connectivity index (χ4n) is 1.80. The molecule has 0 spiro atoms. The molecule has 0 saturated heterocycles. The van der Waals surface area contributed by atoms with E-state index in [1.54, 1.807) is 6.92 Å². The highest BCUT2D eigenvalue weighted by Gasteiger charge is 2.34. The summed E-state index contributed by atoms with van der Waals surface area (Å²) in [4.78, 5) is 11.9. The number of rotatable bonds is 2. The van der Waals surface area contributed by atoms with Crippen molar-refractivity contribution in [1.29, 1.82) is 0 Å². The van der Waals surface area contributed by atoms with Gasteiger partial charge in [0.05, 0.1) is 11.3 Å². The number of alkyl halides is 3. The molecular formula is C15H10F5NO. The third-order valence-corrected chi connectivity index (χ3v) is 2.91. The molecule has 0 aliphatic heterocycles. The molecule has 0 fully saturated rings. The van der Waals surface area contributed by atoms with Gasteiger partial charge in [-0.15, -0.1) is 0 Å². The van der Waals surface area contributed by atoms with E-state index >= 15 is 0 Å². The van der Waals surface area contributed by atoms with Gasteiger partial charge in [-0.3, -0.25) is 4.79 Å². The van der Waals surface area contributed by atoms with Gasteiger partial charge in [0.2, 0.25) is 0 Å². The molecule has 0 unspecified atom stereocenters. The first-order valence-electron chi connectivity index (χ1n) is 6.13. The fourth-order valence-corrected chi connectivity index (χ4v) is 1.80. The minimum Gasteiger partial charge on any atom is -0.319 e. The summed E-state index contributed by atoms with van der Waals surface area (Å²) in [6.45, 7) is 1.64. The lowest BCUT2D eigenvalue weighted by molar-refractivity contribution is -0.140. The smallest absolute Gasteiger partial charge is 0.319 e. The number of halogens is 5. The van der Waals surface area contributed by atoms with Crippen molar-refractivity contribution in [2.45, 2.75) is 13.1 Å². The normalized spacial score (nSPS) is 11.4. The topological polar surface area (TPSA) is 29.1 Å². The van der Waals surface area contributed by atoms with Gasteiger partial charge in [-0.05, 0) is 42.8 Å². The van der Waals surface area contributed by atoms with Gasteiger partial charge < -0.3 is 5.32 Å². The van der Waals surface area contributed by atoms with E-state index in [1.165, 1.54) is 18.2 Å². The van der Waals surface area contributed by atoms with Crippen LogP contribution in [-0.4, -0.2) is 5.91 Å². The van der Waals surface area contributed by atoms with Crippen LogP contribution in [0.1, 0.15) is 21.5 Å². The molecule has 2 rings (SSSR count). The lowest BCUT2D eigenvalue weighted by Crippen LogP contribution is -2.16. The standard InChI is InChI=1S/C15H10F5NO/c1-8-2-5-13(12(17)6-8)21-14(22)9-3-4-11(16)10(7-9)15(18,19)20/h2-7H,1H3,(H,21,22). The number of hydrogen-bond donors (Lipinski definition) is 1.